The minimum atomic E-state index is -0.0969. The SMILES string of the molecule is NC(CCC(=O)N1CCC[C@H]1CO)c1ccccc1. The van der Waals surface area contributed by atoms with E-state index < -0.39 is 0 Å². The van der Waals surface area contributed by atoms with E-state index in [0.717, 1.165) is 24.9 Å². The summed E-state index contributed by atoms with van der Waals surface area (Å²) in [4.78, 5) is 13.9. The molecule has 4 nitrogen and oxygen atoms in total. The molecule has 104 valence electrons. The van der Waals surface area contributed by atoms with Crippen molar-refractivity contribution in [2.75, 3.05) is 13.2 Å². The van der Waals surface area contributed by atoms with E-state index in [2.05, 4.69) is 0 Å². The molecule has 3 N–H and O–H groups in total. The number of carbonyl (C=O) groups excluding carboxylic acids is 1. The Kier molecular flexibility index (Phi) is 4.93. The minimum absolute atomic E-state index is 0.0143. The first-order valence-corrected chi connectivity index (χ1v) is 6.93. The molecule has 0 bridgehead atoms. The van der Waals surface area contributed by atoms with E-state index in [0.29, 0.717) is 12.8 Å². The number of benzene rings is 1. The molecule has 0 radical (unpaired) electrons. The van der Waals surface area contributed by atoms with Crippen LogP contribution in [0, 0.1) is 0 Å². The van der Waals surface area contributed by atoms with Crippen molar-refractivity contribution in [2.45, 2.75) is 37.8 Å². The molecule has 0 aliphatic carbocycles. The zero-order chi connectivity index (χ0) is 13.7. The zero-order valence-electron chi connectivity index (χ0n) is 11.2. The summed E-state index contributed by atoms with van der Waals surface area (Å²) in [6.45, 7) is 0.834. The third kappa shape index (κ3) is 3.55. The average molecular weight is 262 g/mol. The summed E-state index contributed by atoms with van der Waals surface area (Å²) in [7, 11) is 0. The van der Waals surface area contributed by atoms with Crippen molar-refractivity contribution in [3.8, 4) is 0 Å². The normalized spacial score (nSPS) is 20.5. The van der Waals surface area contributed by atoms with Gasteiger partial charge in [0.2, 0.25) is 5.91 Å². The van der Waals surface area contributed by atoms with Crippen LogP contribution in [0.25, 0.3) is 0 Å². The molecule has 2 atom stereocenters. The van der Waals surface area contributed by atoms with Crippen molar-refractivity contribution < 1.29 is 9.90 Å². The Morgan fingerprint density at radius 1 is 1.42 bits per heavy atom. The molecule has 1 fully saturated rings. The highest BCUT2D eigenvalue weighted by molar-refractivity contribution is 5.76. The van der Waals surface area contributed by atoms with Gasteiger partial charge in [-0.15, -0.1) is 0 Å². The second-order valence-corrected chi connectivity index (χ2v) is 5.12. The lowest BCUT2D eigenvalue weighted by molar-refractivity contribution is -0.132. The first-order chi connectivity index (χ1) is 9.22. The number of aliphatic hydroxyl groups excluding tert-OH is 1. The van der Waals surface area contributed by atoms with E-state index in [9.17, 15) is 9.90 Å². The fourth-order valence-corrected chi connectivity index (χ4v) is 2.64. The highest BCUT2D eigenvalue weighted by atomic mass is 16.3. The number of likely N-dealkylation sites (tertiary alicyclic amines) is 1. The lowest BCUT2D eigenvalue weighted by Gasteiger charge is -2.23. The van der Waals surface area contributed by atoms with Gasteiger partial charge in [0.15, 0.2) is 0 Å². The van der Waals surface area contributed by atoms with Crippen LogP contribution in [0.2, 0.25) is 0 Å². The van der Waals surface area contributed by atoms with Gasteiger partial charge < -0.3 is 15.7 Å². The molecule has 1 heterocycles. The number of nitrogens with zero attached hydrogens (tertiary/aromatic N) is 1. The van der Waals surface area contributed by atoms with Gasteiger partial charge in [-0.3, -0.25) is 4.79 Å². The van der Waals surface area contributed by atoms with Crippen molar-refractivity contribution in [3.63, 3.8) is 0 Å². The number of hydrogen-bond donors (Lipinski definition) is 2. The van der Waals surface area contributed by atoms with Crippen LogP contribution >= 0.6 is 0 Å². The maximum atomic E-state index is 12.1. The molecular formula is C15H22N2O2. The van der Waals surface area contributed by atoms with Gasteiger partial charge in [0.1, 0.15) is 0 Å². The number of rotatable bonds is 5. The van der Waals surface area contributed by atoms with Gasteiger partial charge in [0.05, 0.1) is 12.6 Å². The summed E-state index contributed by atoms with van der Waals surface area (Å²) >= 11 is 0. The molecule has 4 heteroatoms. The highest BCUT2D eigenvalue weighted by Gasteiger charge is 2.27. The predicted molar refractivity (Wildman–Crippen MR) is 74.4 cm³/mol. The van der Waals surface area contributed by atoms with E-state index in [-0.39, 0.29) is 24.6 Å². The summed E-state index contributed by atoms with van der Waals surface area (Å²) in [6, 6.07) is 9.76. The van der Waals surface area contributed by atoms with Crippen molar-refractivity contribution >= 4 is 5.91 Å². The van der Waals surface area contributed by atoms with Crippen LogP contribution in [0.15, 0.2) is 30.3 Å². The van der Waals surface area contributed by atoms with E-state index in [1.165, 1.54) is 0 Å². The Hall–Kier alpha value is -1.39. The molecule has 0 saturated carbocycles. The third-order valence-corrected chi connectivity index (χ3v) is 3.81. The van der Waals surface area contributed by atoms with Gasteiger partial charge in [0, 0.05) is 19.0 Å². The Bertz CT molecular complexity index is 408. The van der Waals surface area contributed by atoms with Gasteiger partial charge in [-0.05, 0) is 24.8 Å². The first-order valence-electron chi connectivity index (χ1n) is 6.93. The number of carbonyl (C=O) groups is 1. The van der Waals surface area contributed by atoms with E-state index in [1.807, 2.05) is 30.3 Å². The van der Waals surface area contributed by atoms with Crippen LogP contribution in [0.4, 0.5) is 0 Å². The Labute approximate surface area is 114 Å². The Balaban J connectivity index is 1.83. The largest absolute Gasteiger partial charge is 0.394 e. The van der Waals surface area contributed by atoms with E-state index in [1.54, 1.807) is 4.90 Å². The highest BCUT2D eigenvalue weighted by Crippen LogP contribution is 2.20. The first kappa shape index (κ1) is 14.0. The smallest absolute Gasteiger partial charge is 0.222 e. The summed E-state index contributed by atoms with van der Waals surface area (Å²) in [6.07, 6.45) is 3.00. The van der Waals surface area contributed by atoms with Gasteiger partial charge >= 0.3 is 0 Å². The van der Waals surface area contributed by atoms with Crippen LogP contribution in [-0.2, 0) is 4.79 Å². The van der Waals surface area contributed by atoms with Crippen LogP contribution in [0.3, 0.4) is 0 Å². The molecule has 19 heavy (non-hydrogen) atoms. The fourth-order valence-electron chi connectivity index (χ4n) is 2.64. The predicted octanol–water partition coefficient (Wildman–Crippen LogP) is 1.45. The molecule has 0 spiro atoms. The topological polar surface area (TPSA) is 66.6 Å². The lowest BCUT2D eigenvalue weighted by Crippen LogP contribution is -2.37. The average Bonchev–Trinajstić information content (AvgIpc) is 2.93. The molecule has 0 aromatic heterocycles. The van der Waals surface area contributed by atoms with E-state index >= 15 is 0 Å². The monoisotopic (exact) mass is 262 g/mol. The summed E-state index contributed by atoms with van der Waals surface area (Å²) in [5.74, 6) is 0.114. The molecule has 1 aliphatic heterocycles. The maximum Gasteiger partial charge on any atom is 0.222 e. The zero-order valence-corrected chi connectivity index (χ0v) is 11.2. The van der Waals surface area contributed by atoms with Gasteiger partial charge in [-0.1, -0.05) is 30.3 Å². The summed E-state index contributed by atoms with van der Waals surface area (Å²) < 4.78 is 0. The molecule has 1 aliphatic rings. The molecule has 1 unspecified atom stereocenters. The Morgan fingerprint density at radius 3 is 2.84 bits per heavy atom. The van der Waals surface area contributed by atoms with Gasteiger partial charge in [0.25, 0.3) is 0 Å². The third-order valence-electron chi connectivity index (χ3n) is 3.81. The van der Waals surface area contributed by atoms with Crippen molar-refractivity contribution in [1.29, 1.82) is 0 Å². The van der Waals surface area contributed by atoms with Gasteiger partial charge in [-0.2, -0.15) is 0 Å². The molecule has 1 aromatic carbocycles. The van der Waals surface area contributed by atoms with Crippen LogP contribution in [0.5, 0.6) is 0 Å². The van der Waals surface area contributed by atoms with Crippen molar-refractivity contribution in [3.05, 3.63) is 35.9 Å². The Morgan fingerprint density at radius 2 is 2.16 bits per heavy atom. The molecular weight excluding hydrogens is 240 g/mol. The molecule has 1 saturated heterocycles. The van der Waals surface area contributed by atoms with Gasteiger partial charge in [-0.25, -0.2) is 0 Å². The number of nitrogens with two attached hydrogens (primary N) is 1. The number of aliphatic hydroxyl groups is 1. The second kappa shape index (κ2) is 6.68. The summed E-state index contributed by atoms with van der Waals surface area (Å²) in [5.41, 5.74) is 7.15. The van der Waals surface area contributed by atoms with Crippen molar-refractivity contribution in [2.24, 2.45) is 5.73 Å². The minimum Gasteiger partial charge on any atom is -0.394 e. The van der Waals surface area contributed by atoms with Crippen molar-refractivity contribution in [1.82, 2.24) is 4.90 Å². The fraction of sp³-hybridized carbons (Fsp3) is 0.533. The van der Waals surface area contributed by atoms with Crippen LogP contribution in [-0.4, -0.2) is 35.1 Å². The molecule has 2 rings (SSSR count). The summed E-state index contributed by atoms with van der Waals surface area (Å²) in [5, 5.41) is 9.22. The molecule has 1 amide bonds. The lowest BCUT2D eigenvalue weighted by atomic mass is 10.0. The van der Waals surface area contributed by atoms with E-state index in [4.69, 9.17) is 5.73 Å². The standard InChI is InChI=1S/C15H22N2O2/c16-14(12-5-2-1-3-6-12)8-9-15(19)17-10-4-7-13(17)11-18/h1-3,5-6,13-14,18H,4,7-11,16H2/t13-,14?/m0/s1. The number of hydrogen-bond acceptors (Lipinski definition) is 3. The number of amides is 1. The maximum absolute atomic E-state index is 12.1. The van der Waals surface area contributed by atoms with Crippen LogP contribution < -0.4 is 5.73 Å². The second-order valence-electron chi connectivity index (χ2n) is 5.12. The quantitative estimate of drug-likeness (QED) is 0.844. The van der Waals surface area contributed by atoms with Crippen LogP contribution in [0.1, 0.15) is 37.3 Å². The molecule has 1 aromatic rings.